The van der Waals surface area contributed by atoms with Gasteiger partial charge in [-0.25, -0.2) is 0 Å². The highest BCUT2D eigenvalue weighted by Crippen LogP contribution is 2.24. The van der Waals surface area contributed by atoms with Gasteiger partial charge in [-0.15, -0.1) is 11.6 Å². The molecule has 3 heteroatoms. The molecule has 1 rings (SSSR count). The predicted molar refractivity (Wildman–Crippen MR) is 54.9 cm³/mol. The molecule has 0 radical (unpaired) electrons. The van der Waals surface area contributed by atoms with Crippen molar-refractivity contribution >= 4 is 27.5 Å². The normalized spacial score (nSPS) is 9.92. The minimum absolute atomic E-state index is 0.521. The van der Waals surface area contributed by atoms with Crippen molar-refractivity contribution < 1.29 is 4.74 Å². The van der Waals surface area contributed by atoms with Gasteiger partial charge in [0.25, 0.3) is 0 Å². The monoisotopic (exact) mass is 248 g/mol. The number of hydrogen-bond donors (Lipinski definition) is 0. The Labute approximate surface area is 85.8 Å². The standard InChI is InChI=1S/C9H10BrClO/c1-2-12-8-4-3-7(6-11)9(10)5-8/h3-5H,2,6H2,1H3. The Balaban J connectivity index is 2.86. The molecule has 0 unspecified atom stereocenters. The average molecular weight is 250 g/mol. The van der Waals surface area contributed by atoms with Crippen molar-refractivity contribution in [1.29, 1.82) is 0 Å². The SMILES string of the molecule is CCOc1ccc(CCl)c(Br)c1. The second-order valence-corrected chi connectivity index (χ2v) is 3.44. The number of alkyl halides is 1. The molecular weight excluding hydrogens is 239 g/mol. The van der Waals surface area contributed by atoms with Crippen LogP contribution in [0.2, 0.25) is 0 Å². The summed E-state index contributed by atoms with van der Waals surface area (Å²) < 4.78 is 6.32. The van der Waals surface area contributed by atoms with Crippen molar-refractivity contribution in [2.24, 2.45) is 0 Å². The number of halogens is 2. The summed E-state index contributed by atoms with van der Waals surface area (Å²) in [4.78, 5) is 0. The lowest BCUT2D eigenvalue weighted by Crippen LogP contribution is -1.91. The first-order valence-electron chi connectivity index (χ1n) is 3.75. The molecule has 0 heterocycles. The summed E-state index contributed by atoms with van der Waals surface area (Å²) in [5, 5.41) is 0. The quantitative estimate of drug-likeness (QED) is 0.744. The third kappa shape index (κ3) is 2.39. The molecule has 66 valence electrons. The van der Waals surface area contributed by atoms with Crippen LogP contribution in [0.5, 0.6) is 5.75 Å². The van der Waals surface area contributed by atoms with E-state index < -0.39 is 0 Å². The Morgan fingerprint density at radius 1 is 1.50 bits per heavy atom. The van der Waals surface area contributed by atoms with Crippen LogP contribution in [0, 0.1) is 0 Å². The van der Waals surface area contributed by atoms with E-state index in [1.165, 1.54) is 0 Å². The molecule has 0 spiro atoms. The zero-order chi connectivity index (χ0) is 8.97. The summed E-state index contributed by atoms with van der Waals surface area (Å²) in [6.07, 6.45) is 0. The molecule has 0 saturated carbocycles. The van der Waals surface area contributed by atoms with Crippen LogP contribution in [0.4, 0.5) is 0 Å². The Morgan fingerprint density at radius 3 is 2.75 bits per heavy atom. The maximum atomic E-state index is 5.69. The molecule has 0 atom stereocenters. The molecule has 0 aliphatic heterocycles. The zero-order valence-corrected chi connectivity index (χ0v) is 9.15. The lowest BCUT2D eigenvalue weighted by Gasteiger charge is -2.05. The van der Waals surface area contributed by atoms with Crippen molar-refractivity contribution in [1.82, 2.24) is 0 Å². The Bertz CT molecular complexity index is 263. The van der Waals surface area contributed by atoms with Crippen LogP contribution in [-0.4, -0.2) is 6.61 Å². The molecule has 0 saturated heterocycles. The Hall–Kier alpha value is -0.210. The lowest BCUT2D eigenvalue weighted by molar-refractivity contribution is 0.340. The highest BCUT2D eigenvalue weighted by atomic mass is 79.9. The van der Waals surface area contributed by atoms with E-state index in [4.69, 9.17) is 16.3 Å². The molecule has 0 fully saturated rings. The van der Waals surface area contributed by atoms with Gasteiger partial charge < -0.3 is 4.74 Å². The molecule has 1 aromatic rings. The van der Waals surface area contributed by atoms with Crippen molar-refractivity contribution in [2.75, 3.05) is 6.61 Å². The molecule has 0 amide bonds. The summed E-state index contributed by atoms with van der Waals surface area (Å²) in [7, 11) is 0. The largest absolute Gasteiger partial charge is 0.494 e. The maximum absolute atomic E-state index is 5.69. The van der Waals surface area contributed by atoms with Crippen molar-refractivity contribution in [2.45, 2.75) is 12.8 Å². The molecule has 0 N–H and O–H groups in total. The Kier molecular flexibility index (Phi) is 3.89. The fraction of sp³-hybridized carbons (Fsp3) is 0.333. The molecule has 0 aromatic heterocycles. The average Bonchev–Trinajstić information content (AvgIpc) is 2.05. The number of ether oxygens (including phenoxy) is 1. The van der Waals surface area contributed by atoms with Gasteiger partial charge in [0, 0.05) is 10.4 Å². The maximum Gasteiger partial charge on any atom is 0.120 e. The number of benzene rings is 1. The summed E-state index contributed by atoms with van der Waals surface area (Å²) in [5.41, 5.74) is 1.08. The first kappa shape index (κ1) is 9.87. The lowest BCUT2D eigenvalue weighted by atomic mass is 10.2. The van der Waals surface area contributed by atoms with Gasteiger partial charge >= 0.3 is 0 Å². The van der Waals surface area contributed by atoms with Crippen molar-refractivity contribution in [3.05, 3.63) is 28.2 Å². The molecule has 0 aliphatic rings. The van der Waals surface area contributed by atoms with Crippen LogP contribution < -0.4 is 4.74 Å². The van der Waals surface area contributed by atoms with E-state index in [1.54, 1.807) is 0 Å². The van der Waals surface area contributed by atoms with Crippen LogP contribution in [0.3, 0.4) is 0 Å². The van der Waals surface area contributed by atoms with E-state index in [0.717, 1.165) is 15.8 Å². The summed E-state index contributed by atoms with van der Waals surface area (Å²) in [6.45, 7) is 2.65. The highest BCUT2D eigenvalue weighted by molar-refractivity contribution is 9.10. The smallest absolute Gasteiger partial charge is 0.120 e. The molecule has 0 aliphatic carbocycles. The van der Waals surface area contributed by atoms with E-state index in [-0.39, 0.29) is 0 Å². The summed E-state index contributed by atoms with van der Waals surface area (Å²) in [6, 6.07) is 5.81. The first-order valence-corrected chi connectivity index (χ1v) is 5.08. The first-order chi connectivity index (χ1) is 5.77. The minimum atomic E-state index is 0.521. The van der Waals surface area contributed by atoms with Crippen molar-refractivity contribution in [3.63, 3.8) is 0 Å². The zero-order valence-electron chi connectivity index (χ0n) is 6.81. The van der Waals surface area contributed by atoms with Crippen LogP contribution in [0.15, 0.2) is 22.7 Å². The summed E-state index contributed by atoms with van der Waals surface area (Å²) >= 11 is 9.10. The third-order valence-electron chi connectivity index (χ3n) is 1.48. The predicted octanol–water partition coefficient (Wildman–Crippen LogP) is 3.59. The van der Waals surface area contributed by atoms with Gasteiger partial charge in [-0.2, -0.15) is 0 Å². The van der Waals surface area contributed by atoms with E-state index in [1.807, 2.05) is 25.1 Å². The van der Waals surface area contributed by atoms with Gasteiger partial charge in [0.2, 0.25) is 0 Å². The van der Waals surface area contributed by atoms with Crippen LogP contribution in [0.25, 0.3) is 0 Å². The van der Waals surface area contributed by atoms with Crippen molar-refractivity contribution in [3.8, 4) is 5.75 Å². The topological polar surface area (TPSA) is 9.23 Å². The van der Waals surface area contributed by atoms with Crippen LogP contribution in [-0.2, 0) is 5.88 Å². The number of rotatable bonds is 3. The Morgan fingerprint density at radius 2 is 2.25 bits per heavy atom. The molecule has 0 bridgehead atoms. The minimum Gasteiger partial charge on any atom is -0.494 e. The second-order valence-electron chi connectivity index (χ2n) is 2.32. The van der Waals surface area contributed by atoms with Gasteiger partial charge in [-0.3, -0.25) is 0 Å². The summed E-state index contributed by atoms with van der Waals surface area (Å²) in [5.74, 6) is 1.39. The van der Waals surface area contributed by atoms with Gasteiger partial charge in [0.15, 0.2) is 0 Å². The van der Waals surface area contributed by atoms with E-state index in [2.05, 4.69) is 15.9 Å². The highest BCUT2D eigenvalue weighted by Gasteiger charge is 1.99. The molecule has 12 heavy (non-hydrogen) atoms. The van der Waals surface area contributed by atoms with Gasteiger partial charge in [0.05, 0.1) is 6.61 Å². The molecule has 1 aromatic carbocycles. The fourth-order valence-corrected chi connectivity index (χ4v) is 1.79. The van der Waals surface area contributed by atoms with E-state index in [9.17, 15) is 0 Å². The van der Waals surface area contributed by atoms with E-state index in [0.29, 0.717) is 12.5 Å². The van der Waals surface area contributed by atoms with Gasteiger partial charge in [0.1, 0.15) is 5.75 Å². The molecular formula is C9H10BrClO. The van der Waals surface area contributed by atoms with Gasteiger partial charge in [-0.1, -0.05) is 22.0 Å². The fourth-order valence-electron chi connectivity index (χ4n) is 0.893. The number of hydrogen-bond acceptors (Lipinski definition) is 1. The van der Waals surface area contributed by atoms with Gasteiger partial charge in [-0.05, 0) is 24.6 Å². The van der Waals surface area contributed by atoms with Crippen LogP contribution >= 0.6 is 27.5 Å². The van der Waals surface area contributed by atoms with E-state index >= 15 is 0 Å². The third-order valence-corrected chi connectivity index (χ3v) is 2.51. The van der Waals surface area contributed by atoms with Crippen LogP contribution in [0.1, 0.15) is 12.5 Å². The second kappa shape index (κ2) is 4.73. The molecule has 1 nitrogen and oxygen atoms in total.